The second-order valence-corrected chi connectivity index (χ2v) is 6.03. The lowest BCUT2D eigenvalue weighted by atomic mass is 9.93. The molecule has 4 rings (SSSR count). The van der Waals surface area contributed by atoms with Gasteiger partial charge in [0.1, 0.15) is 11.3 Å². The molecule has 1 heteroatoms. The second kappa shape index (κ2) is 3.86. The Balaban J connectivity index is 2.14. The first kappa shape index (κ1) is 11.5. The minimum absolute atomic E-state index is 0.0679. The molecule has 0 aliphatic heterocycles. The summed E-state index contributed by atoms with van der Waals surface area (Å²) < 4.78 is 6.03. The highest BCUT2D eigenvalue weighted by molar-refractivity contribution is 6.10. The van der Waals surface area contributed by atoms with Crippen molar-refractivity contribution in [3.8, 4) is 0 Å². The average molecular weight is 260 g/mol. The van der Waals surface area contributed by atoms with Crippen molar-refractivity contribution >= 4 is 33.9 Å². The van der Waals surface area contributed by atoms with Crippen LogP contribution >= 0.6 is 0 Å². The highest BCUT2D eigenvalue weighted by atomic mass is 16.3. The standard InChI is InChI=1S/C19H16O/c1-19(2)11-9-15-16(10-12-19)20-17-8-7-13-5-3-4-6-14(13)18(15)17/h3-12H,1-2H3. The number of furan rings is 1. The third kappa shape index (κ3) is 1.63. The Morgan fingerprint density at radius 1 is 0.900 bits per heavy atom. The Labute approximate surface area is 118 Å². The third-order valence-corrected chi connectivity index (χ3v) is 3.99. The Morgan fingerprint density at radius 3 is 2.60 bits per heavy atom. The van der Waals surface area contributed by atoms with Crippen molar-refractivity contribution < 1.29 is 4.42 Å². The molecule has 20 heavy (non-hydrogen) atoms. The van der Waals surface area contributed by atoms with E-state index in [4.69, 9.17) is 4.42 Å². The summed E-state index contributed by atoms with van der Waals surface area (Å²) in [6.45, 7) is 4.40. The summed E-state index contributed by atoms with van der Waals surface area (Å²) in [5, 5.41) is 3.73. The molecule has 0 atom stereocenters. The van der Waals surface area contributed by atoms with Crippen molar-refractivity contribution in [3.63, 3.8) is 0 Å². The van der Waals surface area contributed by atoms with Crippen LogP contribution in [-0.2, 0) is 0 Å². The monoisotopic (exact) mass is 260 g/mol. The Morgan fingerprint density at radius 2 is 1.70 bits per heavy atom. The zero-order valence-electron chi connectivity index (χ0n) is 11.7. The number of benzene rings is 2. The van der Waals surface area contributed by atoms with E-state index in [1.165, 1.54) is 21.7 Å². The van der Waals surface area contributed by atoms with Gasteiger partial charge in [-0.15, -0.1) is 0 Å². The molecule has 0 saturated heterocycles. The molecule has 0 spiro atoms. The van der Waals surface area contributed by atoms with Crippen LogP contribution in [0.2, 0.25) is 0 Å². The van der Waals surface area contributed by atoms with E-state index in [0.717, 1.165) is 11.3 Å². The summed E-state index contributed by atoms with van der Waals surface area (Å²) in [6, 6.07) is 12.7. The van der Waals surface area contributed by atoms with Crippen LogP contribution in [0.3, 0.4) is 0 Å². The van der Waals surface area contributed by atoms with Gasteiger partial charge >= 0.3 is 0 Å². The van der Waals surface area contributed by atoms with Crippen molar-refractivity contribution in [1.82, 2.24) is 0 Å². The fourth-order valence-electron chi connectivity index (χ4n) is 2.84. The Bertz CT molecular complexity index is 875. The van der Waals surface area contributed by atoms with Crippen LogP contribution in [0.4, 0.5) is 0 Å². The maximum Gasteiger partial charge on any atom is 0.136 e. The van der Waals surface area contributed by atoms with E-state index in [1.54, 1.807) is 0 Å². The molecule has 0 amide bonds. The molecule has 0 fully saturated rings. The molecular formula is C19H16O. The largest absolute Gasteiger partial charge is 0.456 e. The van der Waals surface area contributed by atoms with Crippen molar-refractivity contribution in [3.05, 3.63) is 59.9 Å². The molecule has 3 aromatic rings. The molecule has 0 radical (unpaired) electrons. The van der Waals surface area contributed by atoms with Crippen LogP contribution in [-0.4, -0.2) is 0 Å². The molecule has 1 nitrogen and oxygen atoms in total. The maximum absolute atomic E-state index is 6.03. The number of allylic oxidation sites excluding steroid dienone is 2. The highest BCUT2D eigenvalue weighted by Gasteiger charge is 2.18. The van der Waals surface area contributed by atoms with Crippen molar-refractivity contribution in [2.75, 3.05) is 0 Å². The topological polar surface area (TPSA) is 13.1 Å². The van der Waals surface area contributed by atoms with E-state index < -0.39 is 0 Å². The second-order valence-electron chi connectivity index (χ2n) is 6.03. The molecule has 1 aliphatic carbocycles. The van der Waals surface area contributed by atoms with E-state index in [0.29, 0.717) is 0 Å². The first-order valence-electron chi connectivity index (χ1n) is 6.97. The van der Waals surface area contributed by atoms with Crippen molar-refractivity contribution in [2.24, 2.45) is 5.41 Å². The number of fused-ring (bicyclic) bond motifs is 5. The average Bonchev–Trinajstić information content (AvgIpc) is 2.74. The van der Waals surface area contributed by atoms with E-state index in [-0.39, 0.29) is 5.41 Å². The van der Waals surface area contributed by atoms with Gasteiger partial charge in [-0.25, -0.2) is 0 Å². The SMILES string of the molecule is CC1(C)C=Cc2oc3ccc4ccccc4c3c2C=C1. The molecule has 0 bridgehead atoms. The van der Waals surface area contributed by atoms with Gasteiger partial charge in [0.2, 0.25) is 0 Å². The number of hydrogen-bond donors (Lipinski definition) is 0. The lowest BCUT2D eigenvalue weighted by Gasteiger charge is -2.12. The fourth-order valence-corrected chi connectivity index (χ4v) is 2.84. The molecule has 2 aromatic carbocycles. The first-order chi connectivity index (χ1) is 9.64. The van der Waals surface area contributed by atoms with E-state index in [9.17, 15) is 0 Å². The van der Waals surface area contributed by atoms with E-state index >= 15 is 0 Å². The van der Waals surface area contributed by atoms with Gasteiger partial charge in [0.25, 0.3) is 0 Å². The number of hydrogen-bond acceptors (Lipinski definition) is 1. The van der Waals surface area contributed by atoms with Crippen LogP contribution in [0.1, 0.15) is 25.2 Å². The molecule has 0 N–H and O–H groups in total. The Hall–Kier alpha value is -2.28. The van der Waals surface area contributed by atoms with Gasteiger partial charge in [0.05, 0.1) is 0 Å². The predicted molar refractivity (Wildman–Crippen MR) is 85.6 cm³/mol. The first-order valence-corrected chi connectivity index (χ1v) is 6.97. The van der Waals surface area contributed by atoms with Gasteiger partial charge in [-0.1, -0.05) is 62.4 Å². The van der Waals surface area contributed by atoms with Crippen LogP contribution < -0.4 is 0 Å². The summed E-state index contributed by atoms with van der Waals surface area (Å²) in [4.78, 5) is 0. The highest BCUT2D eigenvalue weighted by Crippen LogP contribution is 2.37. The van der Waals surface area contributed by atoms with Gasteiger partial charge in [0, 0.05) is 16.4 Å². The quantitative estimate of drug-likeness (QED) is 0.509. The lowest BCUT2D eigenvalue weighted by molar-refractivity contribution is 0.600. The minimum atomic E-state index is 0.0679. The number of rotatable bonds is 0. The smallest absolute Gasteiger partial charge is 0.136 e. The molecule has 0 saturated carbocycles. The summed E-state index contributed by atoms with van der Waals surface area (Å²) in [5.41, 5.74) is 2.22. The molecule has 98 valence electrons. The summed E-state index contributed by atoms with van der Waals surface area (Å²) in [7, 11) is 0. The molecule has 1 aromatic heterocycles. The van der Waals surface area contributed by atoms with Crippen LogP contribution in [0.5, 0.6) is 0 Å². The fraction of sp³-hybridized carbons (Fsp3) is 0.158. The minimum Gasteiger partial charge on any atom is -0.456 e. The van der Waals surface area contributed by atoms with Gasteiger partial charge < -0.3 is 4.42 Å². The molecule has 0 unspecified atom stereocenters. The van der Waals surface area contributed by atoms with Crippen LogP contribution in [0.25, 0.3) is 33.9 Å². The Kier molecular flexibility index (Phi) is 2.23. The van der Waals surface area contributed by atoms with Gasteiger partial charge in [-0.3, -0.25) is 0 Å². The lowest BCUT2D eigenvalue weighted by Crippen LogP contribution is -2.00. The van der Waals surface area contributed by atoms with Crippen molar-refractivity contribution in [2.45, 2.75) is 13.8 Å². The van der Waals surface area contributed by atoms with Gasteiger partial charge in [-0.2, -0.15) is 0 Å². The zero-order valence-corrected chi connectivity index (χ0v) is 11.7. The predicted octanol–water partition coefficient (Wildman–Crippen LogP) is 5.65. The van der Waals surface area contributed by atoms with E-state index in [2.05, 4.69) is 74.5 Å². The van der Waals surface area contributed by atoms with Crippen LogP contribution in [0, 0.1) is 5.41 Å². The summed E-state index contributed by atoms with van der Waals surface area (Å²) in [6.07, 6.45) is 8.74. The molecule has 1 heterocycles. The molecular weight excluding hydrogens is 244 g/mol. The summed E-state index contributed by atoms with van der Waals surface area (Å²) >= 11 is 0. The maximum atomic E-state index is 6.03. The van der Waals surface area contributed by atoms with Gasteiger partial charge in [-0.05, 0) is 22.9 Å². The zero-order chi connectivity index (χ0) is 13.7. The van der Waals surface area contributed by atoms with Crippen molar-refractivity contribution in [1.29, 1.82) is 0 Å². The summed E-state index contributed by atoms with van der Waals surface area (Å²) in [5.74, 6) is 0.957. The van der Waals surface area contributed by atoms with E-state index in [1.807, 2.05) is 0 Å². The molecule has 1 aliphatic rings. The van der Waals surface area contributed by atoms with Crippen LogP contribution in [0.15, 0.2) is 53.0 Å². The van der Waals surface area contributed by atoms with Gasteiger partial charge in [0.15, 0.2) is 0 Å². The third-order valence-electron chi connectivity index (χ3n) is 3.99. The normalized spacial score (nSPS) is 16.5.